The van der Waals surface area contributed by atoms with E-state index in [-0.39, 0.29) is 6.04 Å². The first kappa shape index (κ1) is 11.6. The van der Waals surface area contributed by atoms with E-state index in [1.54, 1.807) is 18.0 Å². The molecule has 1 atom stereocenters. The van der Waals surface area contributed by atoms with Crippen molar-refractivity contribution in [3.8, 4) is 5.75 Å². The van der Waals surface area contributed by atoms with Crippen molar-refractivity contribution in [2.75, 3.05) is 7.11 Å². The molecule has 0 aliphatic carbocycles. The van der Waals surface area contributed by atoms with Crippen LogP contribution in [0, 0.1) is 0 Å². The summed E-state index contributed by atoms with van der Waals surface area (Å²) in [7, 11) is 3.50. The largest absolute Gasteiger partial charge is 0.497 e. The van der Waals surface area contributed by atoms with Gasteiger partial charge in [0.25, 0.3) is 0 Å². The standard InChI is InChI=1S/C12H16N4O/c1-16-12(8-14-15-16)11(13)7-9-3-5-10(17-2)6-4-9/h3-6,8,11H,7,13H2,1-2H3. The molecule has 2 N–H and O–H groups in total. The Balaban J connectivity index is 2.07. The van der Waals surface area contributed by atoms with Gasteiger partial charge in [0.05, 0.1) is 25.0 Å². The number of nitrogens with two attached hydrogens (primary N) is 1. The summed E-state index contributed by atoms with van der Waals surface area (Å²) < 4.78 is 6.81. The van der Waals surface area contributed by atoms with Gasteiger partial charge in [-0.05, 0) is 24.1 Å². The summed E-state index contributed by atoms with van der Waals surface area (Å²) in [6.45, 7) is 0. The van der Waals surface area contributed by atoms with Gasteiger partial charge in [0, 0.05) is 7.05 Å². The first-order chi connectivity index (χ1) is 8.20. The molecule has 0 bridgehead atoms. The van der Waals surface area contributed by atoms with Crippen LogP contribution in [0.3, 0.4) is 0 Å². The molecule has 1 heterocycles. The van der Waals surface area contributed by atoms with Crippen molar-refractivity contribution in [1.82, 2.24) is 15.0 Å². The van der Waals surface area contributed by atoms with E-state index in [4.69, 9.17) is 10.5 Å². The Labute approximate surface area is 100 Å². The average molecular weight is 232 g/mol. The fraction of sp³-hybridized carbons (Fsp3) is 0.333. The first-order valence-corrected chi connectivity index (χ1v) is 5.44. The molecule has 0 spiro atoms. The minimum atomic E-state index is -0.0941. The fourth-order valence-electron chi connectivity index (χ4n) is 1.75. The summed E-state index contributed by atoms with van der Waals surface area (Å²) in [6.07, 6.45) is 2.46. The molecule has 1 aromatic heterocycles. The number of hydrogen-bond acceptors (Lipinski definition) is 4. The topological polar surface area (TPSA) is 66.0 Å². The molecule has 90 valence electrons. The SMILES string of the molecule is COc1ccc(CC(N)c2cnnn2C)cc1. The molecule has 0 aliphatic heterocycles. The van der Waals surface area contributed by atoms with Crippen LogP contribution in [0.4, 0.5) is 0 Å². The predicted octanol–water partition coefficient (Wildman–Crippen LogP) is 1.07. The van der Waals surface area contributed by atoms with E-state index in [1.807, 2.05) is 31.3 Å². The maximum Gasteiger partial charge on any atom is 0.118 e. The first-order valence-electron chi connectivity index (χ1n) is 5.44. The van der Waals surface area contributed by atoms with Crippen LogP contribution < -0.4 is 10.5 Å². The highest BCUT2D eigenvalue weighted by Crippen LogP contribution is 2.17. The second-order valence-corrected chi connectivity index (χ2v) is 3.94. The zero-order valence-electron chi connectivity index (χ0n) is 10.00. The van der Waals surface area contributed by atoms with Gasteiger partial charge < -0.3 is 10.5 Å². The molecule has 0 amide bonds. The lowest BCUT2D eigenvalue weighted by atomic mass is 10.0. The molecule has 0 saturated heterocycles. The summed E-state index contributed by atoms with van der Waals surface area (Å²) in [5, 5.41) is 7.70. The molecule has 1 aromatic carbocycles. The van der Waals surface area contributed by atoms with Gasteiger partial charge >= 0.3 is 0 Å². The highest BCUT2D eigenvalue weighted by Gasteiger charge is 2.11. The molecule has 17 heavy (non-hydrogen) atoms. The Morgan fingerprint density at radius 1 is 1.35 bits per heavy atom. The summed E-state index contributed by atoms with van der Waals surface area (Å²) in [5.74, 6) is 0.851. The normalized spacial score (nSPS) is 12.4. The maximum atomic E-state index is 6.11. The summed E-state index contributed by atoms with van der Waals surface area (Å²) in [5.41, 5.74) is 8.21. The van der Waals surface area contributed by atoms with E-state index < -0.39 is 0 Å². The lowest BCUT2D eigenvalue weighted by Gasteiger charge is -2.11. The molecule has 1 unspecified atom stereocenters. The molecular formula is C12H16N4O. The molecule has 0 radical (unpaired) electrons. The Morgan fingerprint density at radius 3 is 2.59 bits per heavy atom. The van der Waals surface area contributed by atoms with E-state index in [2.05, 4.69) is 10.3 Å². The zero-order chi connectivity index (χ0) is 12.3. The Bertz CT molecular complexity index is 478. The number of ether oxygens (including phenoxy) is 1. The van der Waals surface area contributed by atoms with Gasteiger partial charge in [-0.2, -0.15) is 0 Å². The Kier molecular flexibility index (Phi) is 3.39. The number of methoxy groups -OCH3 is 1. The van der Waals surface area contributed by atoms with Gasteiger partial charge in [-0.3, -0.25) is 4.68 Å². The predicted molar refractivity (Wildman–Crippen MR) is 64.6 cm³/mol. The number of hydrogen-bond donors (Lipinski definition) is 1. The Hall–Kier alpha value is -1.88. The van der Waals surface area contributed by atoms with Crippen LogP contribution in [0.2, 0.25) is 0 Å². The molecule has 0 saturated carbocycles. The van der Waals surface area contributed by atoms with E-state index in [0.29, 0.717) is 0 Å². The molecule has 5 nitrogen and oxygen atoms in total. The third-order valence-corrected chi connectivity index (χ3v) is 2.74. The van der Waals surface area contributed by atoms with Crippen molar-refractivity contribution in [1.29, 1.82) is 0 Å². The van der Waals surface area contributed by atoms with Gasteiger partial charge in [-0.25, -0.2) is 0 Å². The minimum absolute atomic E-state index is 0.0941. The summed E-state index contributed by atoms with van der Waals surface area (Å²) >= 11 is 0. The van der Waals surface area contributed by atoms with Crippen LogP contribution >= 0.6 is 0 Å². The molecule has 5 heteroatoms. The molecular weight excluding hydrogens is 216 g/mol. The maximum absolute atomic E-state index is 6.11. The van der Waals surface area contributed by atoms with E-state index in [1.165, 1.54) is 5.56 Å². The highest BCUT2D eigenvalue weighted by molar-refractivity contribution is 5.28. The van der Waals surface area contributed by atoms with Crippen molar-refractivity contribution in [2.45, 2.75) is 12.5 Å². The van der Waals surface area contributed by atoms with Crippen LogP contribution in [0.15, 0.2) is 30.5 Å². The smallest absolute Gasteiger partial charge is 0.118 e. The second kappa shape index (κ2) is 4.97. The van der Waals surface area contributed by atoms with Crippen molar-refractivity contribution in [3.05, 3.63) is 41.7 Å². The second-order valence-electron chi connectivity index (χ2n) is 3.94. The van der Waals surface area contributed by atoms with E-state index in [0.717, 1.165) is 17.9 Å². The van der Waals surface area contributed by atoms with Crippen LogP contribution in [0.25, 0.3) is 0 Å². The quantitative estimate of drug-likeness (QED) is 0.856. The van der Waals surface area contributed by atoms with Crippen molar-refractivity contribution in [2.24, 2.45) is 12.8 Å². The highest BCUT2D eigenvalue weighted by atomic mass is 16.5. The van der Waals surface area contributed by atoms with Crippen molar-refractivity contribution >= 4 is 0 Å². The zero-order valence-corrected chi connectivity index (χ0v) is 10.00. The summed E-state index contributed by atoms with van der Waals surface area (Å²) in [4.78, 5) is 0. The monoisotopic (exact) mass is 232 g/mol. The van der Waals surface area contributed by atoms with Crippen LogP contribution in [-0.2, 0) is 13.5 Å². The number of aromatic nitrogens is 3. The van der Waals surface area contributed by atoms with Gasteiger partial charge in [0.1, 0.15) is 5.75 Å². The van der Waals surface area contributed by atoms with Crippen LogP contribution in [0.1, 0.15) is 17.3 Å². The van der Waals surface area contributed by atoms with Crippen molar-refractivity contribution < 1.29 is 4.74 Å². The number of nitrogens with zero attached hydrogens (tertiary/aromatic N) is 3. The Morgan fingerprint density at radius 2 is 2.06 bits per heavy atom. The average Bonchev–Trinajstić information content (AvgIpc) is 2.76. The van der Waals surface area contributed by atoms with E-state index in [9.17, 15) is 0 Å². The number of rotatable bonds is 4. The molecule has 2 aromatic rings. The molecule has 2 rings (SSSR count). The van der Waals surface area contributed by atoms with E-state index >= 15 is 0 Å². The van der Waals surface area contributed by atoms with Crippen LogP contribution in [-0.4, -0.2) is 22.1 Å². The molecule has 0 fully saturated rings. The minimum Gasteiger partial charge on any atom is -0.497 e. The number of aryl methyl sites for hydroxylation is 1. The summed E-state index contributed by atoms with van der Waals surface area (Å²) in [6, 6.07) is 7.81. The lowest BCUT2D eigenvalue weighted by molar-refractivity contribution is 0.414. The number of benzene rings is 1. The molecule has 0 aliphatic rings. The van der Waals surface area contributed by atoms with Gasteiger partial charge in [0.2, 0.25) is 0 Å². The van der Waals surface area contributed by atoms with Gasteiger partial charge in [0.15, 0.2) is 0 Å². The van der Waals surface area contributed by atoms with Gasteiger partial charge in [-0.15, -0.1) is 5.10 Å². The van der Waals surface area contributed by atoms with Crippen LogP contribution in [0.5, 0.6) is 5.75 Å². The third kappa shape index (κ3) is 2.62. The third-order valence-electron chi connectivity index (χ3n) is 2.74. The van der Waals surface area contributed by atoms with Gasteiger partial charge in [-0.1, -0.05) is 17.3 Å². The van der Waals surface area contributed by atoms with Crippen molar-refractivity contribution in [3.63, 3.8) is 0 Å². The fourth-order valence-corrected chi connectivity index (χ4v) is 1.75. The lowest BCUT2D eigenvalue weighted by Crippen LogP contribution is -2.17.